The average Bonchev–Trinajstić information content (AvgIpc) is 2.98. The third kappa shape index (κ3) is 11.4. The van der Waals surface area contributed by atoms with E-state index in [1.807, 2.05) is 75.4 Å². The van der Waals surface area contributed by atoms with Crippen LogP contribution in [0.15, 0.2) is 72.8 Å². The van der Waals surface area contributed by atoms with E-state index >= 15 is 0 Å². The molecular formula is C34H42N2O7. The summed E-state index contributed by atoms with van der Waals surface area (Å²) in [6.45, 7) is 5.75. The molecule has 0 aliphatic carbocycles. The van der Waals surface area contributed by atoms with Gasteiger partial charge in [0.2, 0.25) is 11.8 Å². The van der Waals surface area contributed by atoms with Gasteiger partial charge in [0, 0.05) is 25.3 Å². The molecule has 2 aromatic rings. The Bertz CT molecular complexity index is 1270. The van der Waals surface area contributed by atoms with Gasteiger partial charge in [-0.25, -0.2) is 4.79 Å². The minimum absolute atomic E-state index is 0.0180. The Balaban J connectivity index is 1.84. The van der Waals surface area contributed by atoms with E-state index in [1.165, 1.54) is 6.08 Å². The maximum atomic E-state index is 13.2. The summed E-state index contributed by atoms with van der Waals surface area (Å²) in [5.74, 6) is -1.65. The number of ether oxygens (including phenoxy) is 3. The van der Waals surface area contributed by atoms with Crippen LogP contribution < -0.4 is 15.4 Å². The van der Waals surface area contributed by atoms with E-state index in [1.54, 1.807) is 25.3 Å². The lowest BCUT2D eigenvalue weighted by molar-refractivity contribution is -0.173. The van der Waals surface area contributed by atoms with Crippen molar-refractivity contribution in [2.24, 2.45) is 11.8 Å². The van der Waals surface area contributed by atoms with Crippen molar-refractivity contribution in [1.29, 1.82) is 0 Å². The summed E-state index contributed by atoms with van der Waals surface area (Å²) in [4.78, 5) is 51.9. The molecule has 230 valence electrons. The van der Waals surface area contributed by atoms with Crippen LogP contribution in [0.5, 0.6) is 5.75 Å². The highest BCUT2D eigenvalue weighted by atomic mass is 16.6. The molecule has 0 saturated heterocycles. The monoisotopic (exact) mass is 590 g/mol. The normalized spacial score (nSPS) is 22.3. The predicted octanol–water partition coefficient (Wildman–Crippen LogP) is 4.41. The second-order valence-corrected chi connectivity index (χ2v) is 11.0. The van der Waals surface area contributed by atoms with Gasteiger partial charge in [0.25, 0.3) is 0 Å². The Labute approximate surface area is 253 Å². The molecule has 3 rings (SSSR count). The number of esters is 2. The largest absolute Gasteiger partial charge is 0.497 e. The van der Waals surface area contributed by atoms with Gasteiger partial charge in [-0.3, -0.25) is 14.4 Å². The summed E-state index contributed by atoms with van der Waals surface area (Å²) in [5.41, 5.74) is 1.82. The SMILES string of the molecule is COc1ccc(CC2NC(=O)/C=C/CC([C@@H](C)/C=C/c3ccccc3)OC(=O)[C@H](CC(C)C)OC(=O)CCNC2=O)cc1. The molecule has 0 fully saturated rings. The Kier molecular flexibility index (Phi) is 13.0. The quantitative estimate of drug-likeness (QED) is 0.437. The first kappa shape index (κ1) is 33.1. The van der Waals surface area contributed by atoms with Crippen LogP contribution in [0.4, 0.5) is 0 Å². The highest BCUT2D eigenvalue weighted by Crippen LogP contribution is 2.20. The van der Waals surface area contributed by atoms with Gasteiger partial charge in [-0.2, -0.15) is 0 Å². The van der Waals surface area contributed by atoms with Gasteiger partial charge in [-0.1, -0.05) is 81.5 Å². The number of carbonyl (C=O) groups excluding carboxylic acids is 4. The lowest BCUT2D eigenvalue weighted by Crippen LogP contribution is -2.48. The molecule has 9 nitrogen and oxygen atoms in total. The smallest absolute Gasteiger partial charge is 0.347 e. The van der Waals surface area contributed by atoms with E-state index in [0.717, 1.165) is 11.1 Å². The Morgan fingerprint density at radius 3 is 2.37 bits per heavy atom. The molecule has 2 N–H and O–H groups in total. The number of benzene rings is 2. The summed E-state index contributed by atoms with van der Waals surface area (Å²) in [7, 11) is 1.57. The van der Waals surface area contributed by atoms with E-state index in [9.17, 15) is 19.2 Å². The third-order valence-electron chi connectivity index (χ3n) is 6.97. The van der Waals surface area contributed by atoms with Crippen molar-refractivity contribution in [3.8, 4) is 5.75 Å². The molecule has 0 aromatic heterocycles. The van der Waals surface area contributed by atoms with E-state index in [0.29, 0.717) is 12.2 Å². The predicted molar refractivity (Wildman–Crippen MR) is 164 cm³/mol. The zero-order chi connectivity index (χ0) is 31.2. The number of methoxy groups -OCH3 is 1. The Morgan fingerprint density at radius 2 is 1.70 bits per heavy atom. The fourth-order valence-corrected chi connectivity index (χ4v) is 4.53. The van der Waals surface area contributed by atoms with Crippen molar-refractivity contribution in [3.63, 3.8) is 0 Å². The maximum absolute atomic E-state index is 13.2. The fraction of sp³-hybridized carbons (Fsp3) is 0.412. The highest BCUT2D eigenvalue weighted by molar-refractivity contribution is 5.93. The Morgan fingerprint density at radius 1 is 0.977 bits per heavy atom. The first-order valence-electron chi connectivity index (χ1n) is 14.7. The number of carbonyl (C=O) groups is 4. The zero-order valence-electron chi connectivity index (χ0n) is 25.3. The molecule has 1 aliphatic heterocycles. The summed E-state index contributed by atoms with van der Waals surface area (Å²) in [5, 5.41) is 5.46. The third-order valence-corrected chi connectivity index (χ3v) is 6.97. The van der Waals surface area contributed by atoms with Crippen molar-refractivity contribution in [2.75, 3.05) is 13.7 Å². The van der Waals surface area contributed by atoms with Gasteiger partial charge in [0.05, 0.1) is 13.5 Å². The van der Waals surface area contributed by atoms with Crippen LogP contribution in [0.3, 0.4) is 0 Å². The van der Waals surface area contributed by atoms with Crippen molar-refractivity contribution in [3.05, 3.63) is 84.0 Å². The zero-order valence-corrected chi connectivity index (χ0v) is 25.3. The van der Waals surface area contributed by atoms with Crippen LogP contribution in [-0.4, -0.2) is 55.7 Å². The fourth-order valence-electron chi connectivity index (χ4n) is 4.53. The molecule has 2 unspecified atom stereocenters. The molecule has 4 atom stereocenters. The molecule has 0 bridgehead atoms. The van der Waals surface area contributed by atoms with Crippen LogP contribution in [0, 0.1) is 11.8 Å². The van der Waals surface area contributed by atoms with Crippen LogP contribution in [0.25, 0.3) is 6.08 Å². The summed E-state index contributed by atoms with van der Waals surface area (Å²) in [6, 6.07) is 16.1. The standard InChI is InChI=1S/C34H42N2O7/c1-23(2)21-30-34(40)43-29(24(3)13-14-25-9-6-5-7-10-25)11-8-12-31(37)36-28(33(39)35-20-19-32(38)42-30)22-26-15-17-27(41-4)18-16-26/h5-10,12-18,23-24,28-30H,11,19-22H2,1-4H3,(H,35,39)(H,36,37)/b12-8+,14-13+/t24-,28?,29?,30-/m0/s1. The van der Waals surface area contributed by atoms with Gasteiger partial charge in [0.15, 0.2) is 6.10 Å². The number of cyclic esters (lactones) is 2. The molecule has 1 heterocycles. The minimum atomic E-state index is -1.08. The van der Waals surface area contributed by atoms with E-state index < -0.39 is 42.0 Å². The second kappa shape index (κ2) is 16.9. The number of hydrogen-bond donors (Lipinski definition) is 2. The number of rotatable bonds is 8. The Hall–Kier alpha value is -4.40. The van der Waals surface area contributed by atoms with Gasteiger partial charge in [-0.15, -0.1) is 0 Å². The van der Waals surface area contributed by atoms with Crippen molar-refractivity contribution in [1.82, 2.24) is 10.6 Å². The maximum Gasteiger partial charge on any atom is 0.347 e. The molecule has 9 heteroatoms. The van der Waals surface area contributed by atoms with Gasteiger partial charge in [-0.05, 0) is 41.7 Å². The van der Waals surface area contributed by atoms with Gasteiger partial charge >= 0.3 is 11.9 Å². The molecule has 0 spiro atoms. The summed E-state index contributed by atoms with van der Waals surface area (Å²) < 4.78 is 16.7. The second-order valence-electron chi connectivity index (χ2n) is 11.0. The summed E-state index contributed by atoms with van der Waals surface area (Å²) >= 11 is 0. The lowest BCUT2D eigenvalue weighted by atomic mass is 9.99. The molecule has 1 aliphatic rings. The number of hydrogen-bond acceptors (Lipinski definition) is 7. The van der Waals surface area contributed by atoms with Crippen LogP contribution >= 0.6 is 0 Å². The lowest BCUT2D eigenvalue weighted by Gasteiger charge is -2.25. The topological polar surface area (TPSA) is 120 Å². The minimum Gasteiger partial charge on any atom is -0.497 e. The molecular weight excluding hydrogens is 548 g/mol. The van der Waals surface area contributed by atoms with Crippen molar-refractivity contribution >= 4 is 29.8 Å². The van der Waals surface area contributed by atoms with Crippen LogP contribution in [0.1, 0.15) is 51.2 Å². The first-order chi connectivity index (χ1) is 20.6. The van der Waals surface area contributed by atoms with Crippen molar-refractivity contribution < 1.29 is 33.4 Å². The van der Waals surface area contributed by atoms with E-state index in [4.69, 9.17) is 14.2 Å². The van der Waals surface area contributed by atoms with Crippen LogP contribution in [-0.2, 0) is 35.1 Å². The average molecular weight is 591 g/mol. The summed E-state index contributed by atoms with van der Waals surface area (Å²) in [6.07, 6.45) is 5.76. The van der Waals surface area contributed by atoms with E-state index in [2.05, 4.69) is 10.6 Å². The van der Waals surface area contributed by atoms with Gasteiger partial charge in [0.1, 0.15) is 17.9 Å². The first-order valence-corrected chi connectivity index (χ1v) is 14.7. The van der Waals surface area contributed by atoms with Crippen molar-refractivity contribution in [2.45, 2.75) is 64.7 Å². The molecule has 2 aromatic carbocycles. The number of amides is 2. The molecule has 0 radical (unpaired) electrons. The molecule has 2 amide bonds. The highest BCUT2D eigenvalue weighted by Gasteiger charge is 2.30. The van der Waals surface area contributed by atoms with Crippen LogP contribution in [0.2, 0.25) is 0 Å². The number of nitrogens with one attached hydrogen (secondary N) is 2. The molecule has 0 saturated carbocycles. The van der Waals surface area contributed by atoms with E-state index in [-0.39, 0.29) is 37.6 Å². The van der Waals surface area contributed by atoms with Gasteiger partial charge < -0.3 is 24.8 Å². The molecule has 43 heavy (non-hydrogen) atoms.